The number of carbonyl (C=O) groups is 1. The van der Waals surface area contributed by atoms with E-state index in [0.717, 1.165) is 11.7 Å². The van der Waals surface area contributed by atoms with Crippen LogP contribution in [0.25, 0.3) is 0 Å². The van der Waals surface area contributed by atoms with Gasteiger partial charge < -0.3 is 0 Å². The summed E-state index contributed by atoms with van der Waals surface area (Å²) in [5, 5.41) is 5.65. The van der Waals surface area contributed by atoms with Crippen molar-refractivity contribution in [3.05, 3.63) is 47.5 Å². The molecule has 7 nitrogen and oxygen atoms in total. The van der Waals surface area contributed by atoms with Crippen LogP contribution in [0.5, 0.6) is 0 Å². The minimum Gasteiger partial charge on any atom is -0.247 e. The number of benzene rings is 1. The number of nitrogens with zero attached hydrogens (tertiary/aromatic N) is 1. The van der Waals surface area contributed by atoms with Crippen LogP contribution in [0.3, 0.4) is 0 Å². The predicted octanol–water partition coefficient (Wildman–Crippen LogP) is -2.71. The minimum absolute atomic E-state index is 0.0377. The van der Waals surface area contributed by atoms with E-state index < -0.39 is 10.2 Å². The second-order valence-corrected chi connectivity index (χ2v) is 5.53. The fourth-order valence-corrected chi connectivity index (χ4v) is 2.26. The van der Waals surface area contributed by atoms with Gasteiger partial charge in [0.1, 0.15) is 12.7 Å². The molecule has 0 aliphatic rings. The molecule has 1 aromatic heterocycles. The Morgan fingerprint density at radius 3 is 2.33 bits per heavy atom. The van der Waals surface area contributed by atoms with Gasteiger partial charge in [0.25, 0.3) is 0 Å². The highest BCUT2D eigenvalue weighted by Gasteiger charge is 2.12. The largest absolute Gasteiger partial charge is 0.341 e. The molecule has 0 spiro atoms. The van der Waals surface area contributed by atoms with Crippen molar-refractivity contribution in [2.45, 2.75) is 13.5 Å². The number of aromatic nitrogens is 1. The molecule has 21 heavy (non-hydrogen) atoms. The van der Waals surface area contributed by atoms with Gasteiger partial charge in [0.2, 0.25) is 0 Å². The van der Waals surface area contributed by atoms with E-state index in [1.54, 1.807) is 0 Å². The number of hydrogen-bond donors (Lipinski definition) is 1. The van der Waals surface area contributed by atoms with Crippen molar-refractivity contribution < 1.29 is 38.2 Å². The molecular weight excluding hydrogens is 320 g/mol. The van der Waals surface area contributed by atoms with Crippen molar-refractivity contribution in [3.8, 4) is 0 Å². The Kier molecular flexibility index (Phi) is 6.69. The van der Waals surface area contributed by atoms with Gasteiger partial charge in [-0.15, -0.1) is 10.2 Å². The lowest BCUT2D eigenvalue weighted by molar-refractivity contribution is -2.00. The number of rotatable bonds is 3. The molecule has 2 rings (SSSR count). The second-order valence-electron chi connectivity index (χ2n) is 3.88. The molecule has 1 heterocycles. The van der Waals surface area contributed by atoms with Crippen LogP contribution in [-0.2, 0) is 11.3 Å². The highest BCUT2D eigenvalue weighted by Crippen LogP contribution is 2.10. The fraction of sp³-hybridized carbons (Fsp3) is 0.167. The Labute approximate surface area is 127 Å². The standard InChI is InChI=1S/C12H12N2OS.ClHO4/c1-10(15)13-12-14(7-8-16-12)9-11-5-3-2-4-6-11;2-1(3,4)5/h2-8H,9H2,1H3;(H,2,3,4,5). The molecule has 0 bridgehead atoms. The zero-order valence-electron chi connectivity index (χ0n) is 11.0. The molecule has 9 heteroatoms. The van der Waals surface area contributed by atoms with Gasteiger partial charge in [-0.2, -0.15) is 0 Å². The number of halogens is 1. The fourth-order valence-electron chi connectivity index (χ4n) is 1.46. The Morgan fingerprint density at radius 2 is 1.81 bits per heavy atom. The van der Waals surface area contributed by atoms with Gasteiger partial charge in [0.15, 0.2) is 0 Å². The highest BCUT2D eigenvalue weighted by molar-refractivity contribution is 7.13. The summed E-state index contributed by atoms with van der Waals surface area (Å²) in [6, 6.07) is 10.2. The van der Waals surface area contributed by atoms with E-state index in [1.165, 1.54) is 23.8 Å². The molecule has 114 valence electrons. The molecule has 0 saturated carbocycles. The number of carbonyl (C=O) groups excluding carboxylic acids is 1. The monoisotopic (exact) mass is 332 g/mol. The first-order valence-corrected chi connectivity index (χ1v) is 7.77. The zero-order chi connectivity index (χ0) is 15.9. The van der Waals surface area contributed by atoms with Crippen LogP contribution in [0.2, 0.25) is 0 Å². The van der Waals surface area contributed by atoms with Crippen molar-refractivity contribution in [3.63, 3.8) is 0 Å². The van der Waals surface area contributed by atoms with Gasteiger partial charge in [-0.25, -0.2) is 33.3 Å². The first-order chi connectivity index (χ1) is 9.75. The molecule has 1 N–H and O–H groups in total. The lowest BCUT2D eigenvalue weighted by Crippen LogP contribution is -2.68. The van der Waals surface area contributed by atoms with E-state index in [4.69, 9.17) is 18.6 Å². The Bertz CT molecular complexity index is 565. The maximum Gasteiger partial charge on any atom is 0.341 e. The molecule has 0 aliphatic heterocycles. The molecule has 1 amide bonds. The van der Waals surface area contributed by atoms with Crippen LogP contribution >= 0.6 is 11.3 Å². The summed E-state index contributed by atoms with van der Waals surface area (Å²) >= 11 is 1.53. The van der Waals surface area contributed by atoms with Crippen LogP contribution in [0, 0.1) is 10.2 Å². The summed E-state index contributed by atoms with van der Waals surface area (Å²) in [5.41, 5.74) is 1.22. The molecule has 0 radical (unpaired) electrons. The summed E-state index contributed by atoms with van der Waals surface area (Å²) in [5.74, 6) is -0.0377. The van der Waals surface area contributed by atoms with E-state index in [2.05, 4.69) is 17.4 Å². The molecule has 1 aromatic carbocycles. The van der Waals surface area contributed by atoms with Crippen LogP contribution in [0.1, 0.15) is 12.5 Å². The molecular formula is C12H13ClN2O5S. The van der Waals surface area contributed by atoms with Crippen LogP contribution in [0.15, 0.2) is 41.9 Å². The normalized spacial score (nSPS) is 10.5. The van der Waals surface area contributed by atoms with E-state index >= 15 is 0 Å². The van der Waals surface area contributed by atoms with E-state index in [1.807, 2.05) is 34.3 Å². The van der Waals surface area contributed by atoms with Crippen molar-refractivity contribution in [2.75, 3.05) is 5.32 Å². The molecule has 0 saturated heterocycles. The summed E-state index contributed by atoms with van der Waals surface area (Å²) in [4.78, 5) is 11.0. The van der Waals surface area contributed by atoms with E-state index in [0.29, 0.717) is 0 Å². The maximum atomic E-state index is 11.0. The van der Waals surface area contributed by atoms with Crippen LogP contribution in [-0.4, -0.2) is 5.91 Å². The quantitative estimate of drug-likeness (QED) is 0.612. The van der Waals surface area contributed by atoms with Gasteiger partial charge in [0, 0.05) is 12.3 Å². The van der Waals surface area contributed by atoms with Gasteiger partial charge in [-0.3, -0.25) is 0 Å². The topological polar surface area (TPSA) is 125 Å². The lowest BCUT2D eigenvalue weighted by Gasteiger charge is -2.17. The summed E-state index contributed by atoms with van der Waals surface area (Å²) in [6.45, 7) is 2.30. The molecule has 0 fully saturated rings. The molecule has 0 aliphatic carbocycles. The number of amides is 1. The van der Waals surface area contributed by atoms with Gasteiger partial charge in [-0.05, 0) is 5.56 Å². The first kappa shape index (κ1) is 17.5. The van der Waals surface area contributed by atoms with E-state index in [9.17, 15) is 4.79 Å². The Hall–Kier alpha value is -1.55. The number of anilines is 1. The van der Waals surface area contributed by atoms with Crippen molar-refractivity contribution in [1.29, 1.82) is 0 Å². The van der Waals surface area contributed by atoms with Crippen molar-refractivity contribution >= 4 is 22.4 Å². The Morgan fingerprint density at radius 1 is 1.24 bits per heavy atom. The summed E-state index contributed by atoms with van der Waals surface area (Å²) in [6.07, 6.45) is 1.98. The van der Waals surface area contributed by atoms with Crippen molar-refractivity contribution in [2.24, 2.45) is 0 Å². The van der Waals surface area contributed by atoms with E-state index in [-0.39, 0.29) is 5.91 Å². The number of thiazole rings is 1. The minimum atomic E-state index is -4.94. The zero-order valence-corrected chi connectivity index (χ0v) is 12.6. The maximum absolute atomic E-state index is 11.0. The third-order valence-electron chi connectivity index (χ3n) is 2.16. The smallest absolute Gasteiger partial charge is 0.247 e. The number of nitrogens with one attached hydrogen (secondary N) is 1. The SMILES string of the molecule is CC(=O)Nc1scc[n+]1Cc1ccccc1.[O-][Cl+3]([O-])([O-])[O-]. The van der Waals surface area contributed by atoms with Crippen LogP contribution in [0.4, 0.5) is 5.13 Å². The Balaban J connectivity index is 0.000000383. The van der Waals surface area contributed by atoms with Gasteiger partial charge in [0.05, 0.1) is 0 Å². The molecule has 0 atom stereocenters. The van der Waals surface area contributed by atoms with Gasteiger partial charge >= 0.3 is 11.0 Å². The second kappa shape index (κ2) is 8.03. The third kappa shape index (κ3) is 8.35. The summed E-state index contributed by atoms with van der Waals surface area (Å²) < 4.78 is 36.0. The van der Waals surface area contributed by atoms with Crippen molar-refractivity contribution in [1.82, 2.24) is 0 Å². The average molecular weight is 333 g/mol. The summed E-state index contributed by atoms with van der Waals surface area (Å²) in [7, 11) is -4.94. The molecule has 0 unspecified atom stereocenters. The van der Waals surface area contributed by atoms with Crippen LogP contribution < -0.4 is 28.5 Å². The number of hydrogen-bond acceptors (Lipinski definition) is 6. The highest BCUT2D eigenvalue weighted by atomic mass is 35.7. The lowest BCUT2D eigenvalue weighted by atomic mass is 10.2. The third-order valence-corrected chi connectivity index (χ3v) is 2.98. The van der Waals surface area contributed by atoms with Gasteiger partial charge in [-0.1, -0.05) is 41.7 Å². The average Bonchev–Trinajstić information content (AvgIpc) is 2.75. The molecule has 2 aromatic rings. The first-order valence-electron chi connectivity index (χ1n) is 5.66. The predicted molar refractivity (Wildman–Crippen MR) is 64.4 cm³/mol.